The van der Waals surface area contributed by atoms with Gasteiger partial charge < -0.3 is 20.4 Å². The van der Waals surface area contributed by atoms with Crippen LogP contribution in [-0.2, 0) is 22.6 Å². The van der Waals surface area contributed by atoms with Crippen LogP contribution in [0.25, 0.3) is 0 Å². The molecule has 2 amide bonds. The molecule has 0 fully saturated rings. The van der Waals surface area contributed by atoms with E-state index in [0.29, 0.717) is 19.5 Å². The largest absolute Gasteiger partial charge is 0.380 e. The molecule has 1 heterocycles. The Morgan fingerprint density at radius 2 is 1.75 bits per heavy atom. The number of fused-ring (bicyclic) bond motifs is 1. The number of carbonyl (C=O) groups is 2. The Balaban J connectivity index is 1.61. The maximum atomic E-state index is 12.6. The fourth-order valence-electron chi connectivity index (χ4n) is 3.47. The number of rotatable bonds is 5. The van der Waals surface area contributed by atoms with E-state index in [4.69, 9.17) is 0 Å². The maximum Gasteiger partial charge on any atom is 0.255 e. The SMILES string of the molecule is Cc1cccc(C(C)NC(=O)C(O)C(O)C(=O)N2CCc3ccccc3C2)c1. The van der Waals surface area contributed by atoms with Crippen LogP contribution >= 0.6 is 0 Å². The summed E-state index contributed by atoms with van der Waals surface area (Å²) in [6.45, 7) is 4.54. The van der Waals surface area contributed by atoms with Crippen LogP contribution in [0.1, 0.15) is 35.2 Å². The molecular formula is C22H26N2O4. The summed E-state index contributed by atoms with van der Waals surface area (Å²) >= 11 is 0. The standard InChI is InChI=1S/C22H26N2O4/c1-14-6-5-9-17(12-14)15(2)23-21(27)19(25)20(26)22(28)24-11-10-16-7-3-4-8-18(16)13-24/h3-9,12,15,19-20,25-26H,10-11,13H2,1-2H3,(H,23,27). The van der Waals surface area contributed by atoms with Gasteiger partial charge in [0.2, 0.25) is 0 Å². The van der Waals surface area contributed by atoms with Gasteiger partial charge in [-0.15, -0.1) is 0 Å². The highest BCUT2D eigenvalue weighted by Gasteiger charge is 2.35. The third kappa shape index (κ3) is 4.40. The van der Waals surface area contributed by atoms with Crippen LogP contribution in [-0.4, -0.2) is 45.7 Å². The lowest BCUT2D eigenvalue weighted by atomic mass is 9.99. The van der Waals surface area contributed by atoms with Gasteiger partial charge in [-0.05, 0) is 37.0 Å². The molecule has 2 aromatic carbocycles. The molecule has 3 N–H and O–H groups in total. The van der Waals surface area contributed by atoms with Crippen molar-refractivity contribution in [3.05, 3.63) is 70.8 Å². The zero-order valence-corrected chi connectivity index (χ0v) is 16.1. The molecule has 1 aliphatic heterocycles. The molecule has 2 aromatic rings. The zero-order valence-electron chi connectivity index (χ0n) is 16.1. The summed E-state index contributed by atoms with van der Waals surface area (Å²) in [5.41, 5.74) is 4.13. The molecule has 6 nitrogen and oxygen atoms in total. The third-order valence-corrected chi connectivity index (χ3v) is 5.16. The first-order valence-electron chi connectivity index (χ1n) is 9.45. The molecule has 1 aliphatic rings. The lowest BCUT2D eigenvalue weighted by molar-refractivity contribution is -0.154. The van der Waals surface area contributed by atoms with Crippen LogP contribution in [0.3, 0.4) is 0 Å². The van der Waals surface area contributed by atoms with Crippen molar-refractivity contribution < 1.29 is 19.8 Å². The van der Waals surface area contributed by atoms with Crippen LogP contribution < -0.4 is 5.32 Å². The molecule has 0 aromatic heterocycles. The number of benzene rings is 2. The average molecular weight is 382 g/mol. The summed E-state index contributed by atoms with van der Waals surface area (Å²) in [4.78, 5) is 26.4. The molecule has 6 heteroatoms. The van der Waals surface area contributed by atoms with Gasteiger partial charge in [0.1, 0.15) is 0 Å². The first kappa shape index (κ1) is 20.0. The number of aliphatic hydroxyl groups is 2. The van der Waals surface area contributed by atoms with Gasteiger partial charge in [-0.25, -0.2) is 0 Å². The van der Waals surface area contributed by atoms with Crippen molar-refractivity contribution in [3.8, 4) is 0 Å². The van der Waals surface area contributed by atoms with E-state index >= 15 is 0 Å². The van der Waals surface area contributed by atoms with Crippen molar-refractivity contribution in [3.63, 3.8) is 0 Å². The fourth-order valence-corrected chi connectivity index (χ4v) is 3.47. The Hall–Kier alpha value is -2.70. The van der Waals surface area contributed by atoms with Crippen LogP contribution in [0.15, 0.2) is 48.5 Å². The van der Waals surface area contributed by atoms with Crippen molar-refractivity contribution in [2.24, 2.45) is 0 Å². The number of aryl methyl sites for hydroxylation is 1. The van der Waals surface area contributed by atoms with E-state index in [0.717, 1.165) is 16.7 Å². The molecule has 3 rings (SSSR count). The lowest BCUT2D eigenvalue weighted by Crippen LogP contribution is -2.51. The first-order chi connectivity index (χ1) is 13.4. The van der Waals surface area contributed by atoms with Crippen LogP contribution in [0.4, 0.5) is 0 Å². The first-order valence-corrected chi connectivity index (χ1v) is 9.45. The van der Waals surface area contributed by atoms with Crippen molar-refractivity contribution in [2.45, 2.75) is 45.1 Å². The molecule has 0 radical (unpaired) electrons. The Morgan fingerprint density at radius 1 is 1.04 bits per heavy atom. The van der Waals surface area contributed by atoms with Gasteiger partial charge in [-0.1, -0.05) is 54.1 Å². The molecule has 0 spiro atoms. The highest BCUT2D eigenvalue weighted by Crippen LogP contribution is 2.20. The van der Waals surface area contributed by atoms with Crippen molar-refractivity contribution in [2.75, 3.05) is 6.54 Å². The van der Waals surface area contributed by atoms with E-state index < -0.39 is 24.0 Å². The number of aliphatic hydroxyl groups excluding tert-OH is 2. The number of nitrogens with one attached hydrogen (secondary N) is 1. The molecule has 28 heavy (non-hydrogen) atoms. The van der Waals surface area contributed by atoms with E-state index in [-0.39, 0.29) is 6.04 Å². The molecule has 148 valence electrons. The quantitative estimate of drug-likeness (QED) is 0.731. The normalized spacial score (nSPS) is 16.6. The summed E-state index contributed by atoms with van der Waals surface area (Å²) < 4.78 is 0. The van der Waals surface area contributed by atoms with Gasteiger partial charge in [0.25, 0.3) is 11.8 Å². The Labute approximate surface area is 164 Å². The second-order valence-corrected chi connectivity index (χ2v) is 7.31. The highest BCUT2D eigenvalue weighted by molar-refractivity contribution is 5.91. The Kier molecular flexibility index (Phi) is 6.11. The molecule has 3 unspecified atom stereocenters. The van der Waals surface area contributed by atoms with Crippen LogP contribution in [0.2, 0.25) is 0 Å². The molecular weight excluding hydrogens is 356 g/mol. The van der Waals surface area contributed by atoms with Gasteiger partial charge in [0.05, 0.1) is 6.04 Å². The molecule has 0 saturated heterocycles. The van der Waals surface area contributed by atoms with Gasteiger partial charge in [0, 0.05) is 13.1 Å². The van der Waals surface area contributed by atoms with E-state index in [1.54, 1.807) is 6.92 Å². The number of carbonyl (C=O) groups excluding carboxylic acids is 2. The maximum absolute atomic E-state index is 12.6. The van der Waals surface area contributed by atoms with Crippen LogP contribution in [0.5, 0.6) is 0 Å². The molecule has 3 atom stereocenters. The van der Waals surface area contributed by atoms with E-state index in [2.05, 4.69) is 5.32 Å². The lowest BCUT2D eigenvalue weighted by Gasteiger charge is -2.31. The van der Waals surface area contributed by atoms with Crippen molar-refractivity contribution >= 4 is 11.8 Å². The Bertz CT molecular complexity index is 867. The summed E-state index contributed by atoms with van der Waals surface area (Å²) in [5.74, 6) is -1.41. The van der Waals surface area contributed by atoms with Crippen molar-refractivity contribution in [1.82, 2.24) is 10.2 Å². The molecule has 0 saturated carbocycles. The Morgan fingerprint density at radius 3 is 2.46 bits per heavy atom. The molecule has 0 aliphatic carbocycles. The third-order valence-electron chi connectivity index (χ3n) is 5.16. The van der Waals surface area contributed by atoms with Gasteiger partial charge in [-0.3, -0.25) is 9.59 Å². The topological polar surface area (TPSA) is 89.9 Å². The second-order valence-electron chi connectivity index (χ2n) is 7.31. The summed E-state index contributed by atoms with van der Waals surface area (Å²) in [6, 6.07) is 15.1. The number of hydrogen-bond donors (Lipinski definition) is 3. The highest BCUT2D eigenvalue weighted by atomic mass is 16.3. The van der Waals surface area contributed by atoms with Crippen LogP contribution in [0, 0.1) is 6.92 Å². The second kappa shape index (κ2) is 8.54. The fraction of sp³-hybridized carbons (Fsp3) is 0.364. The minimum Gasteiger partial charge on any atom is -0.380 e. The van der Waals surface area contributed by atoms with Crippen molar-refractivity contribution in [1.29, 1.82) is 0 Å². The predicted octanol–water partition coefficient (Wildman–Crippen LogP) is 1.48. The predicted molar refractivity (Wildman–Crippen MR) is 105 cm³/mol. The van der Waals surface area contributed by atoms with Gasteiger partial charge in [0.15, 0.2) is 12.2 Å². The number of hydrogen-bond acceptors (Lipinski definition) is 4. The average Bonchev–Trinajstić information content (AvgIpc) is 2.71. The zero-order chi connectivity index (χ0) is 20.3. The van der Waals surface area contributed by atoms with Gasteiger partial charge in [-0.2, -0.15) is 0 Å². The monoisotopic (exact) mass is 382 g/mol. The van der Waals surface area contributed by atoms with E-state index in [9.17, 15) is 19.8 Å². The minimum absolute atomic E-state index is 0.355. The number of nitrogens with zero attached hydrogens (tertiary/aromatic N) is 1. The number of amides is 2. The summed E-state index contributed by atoms with van der Waals surface area (Å²) in [5, 5.41) is 23.2. The van der Waals surface area contributed by atoms with E-state index in [1.165, 1.54) is 10.5 Å². The smallest absolute Gasteiger partial charge is 0.255 e. The van der Waals surface area contributed by atoms with E-state index in [1.807, 2.05) is 55.5 Å². The molecule has 0 bridgehead atoms. The summed E-state index contributed by atoms with van der Waals surface area (Å²) in [7, 11) is 0. The minimum atomic E-state index is -1.82. The summed E-state index contributed by atoms with van der Waals surface area (Å²) in [6.07, 6.45) is -2.94. The van der Waals surface area contributed by atoms with Gasteiger partial charge >= 0.3 is 0 Å².